The Morgan fingerprint density at radius 1 is 1.22 bits per heavy atom. The summed E-state index contributed by atoms with van der Waals surface area (Å²) in [5, 5.41) is 3.46. The molecule has 0 aromatic heterocycles. The molecule has 0 aromatic carbocycles. The van der Waals surface area contributed by atoms with Crippen LogP contribution in [-0.2, 0) is 4.74 Å². The minimum Gasteiger partial charge on any atom is -0.381 e. The summed E-state index contributed by atoms with van der Waals surface area (Å²) in [6, 6.07) is 2.44. The summed E-state index contributed by atoms with van der Waals surface area (Å²) in [5.41, 5.74) is 0. The van der Waals surface area contributed by atoms with Crippen LogP contribution in [-0.4, -0.2) is 49.8 Å². The van der Waals surface area contributed by atoms with Crippen molar-refractivity contribution in [3.63, 3.8) is 0 Å². The van der Waals surface area contributed by atoms with Gasteiger partial charge in [-0.25, -0.2) is 0 Å². The van der Waals surface area contributed by atoms with Crippen LogP contribution in [0, 0.1) is 5.92 Å². The fourth-order valence-electron chi connectivity index (χ4n) is 3.54. The van der Waals surface area contributed by atoms with Crippen LogP contribution in [0.25, 0.3) is 0 Å². The third kappa shape index (κ3) is 3.69. The Morgan fingerprint density at radius 2 is 1.89 bits per heavy atom. The van der Waals surface area contributed by atoms with E-state index in [1.807, 2.05) is 0 Å². The van der Waals surface area contributed by atoms with Gasteiger partial charge in [-0.05, 0) is 45.1 Å². The summed E-state index contributed by atoms with van der Waals surface area (Å²) in [6.45, 7) is 7.51. The third-order valence-electron chi connectivity index (χ3n) is 4.45. The maximum absolute atomic E-state index is 5.68. The fourth-order valence-corrected chi connectivity index (χ4v) is 3.54. The second-order valence-corrected chi connectivity index (χ2v) is 6.40. The smallest absolute Gasteiger partial charge is 0.0489 e. The zero-order valence-corrected chi connectivity index (χ0v) is 12.3. The largest absolute Gasteiger partial charge is 0.381 e. The van der Waals surface area contributed by atoms with E-state index in [9.17, 15) is 0 Å². The molecule has 18 heavy (non-hydrogen) atoms. The Bertz CT molecular complexity index is 231. The highest BCUT2D eigenvalue weighted by Gasteiger charge is 2.39. The van der Waals surface area contributed by atoms with E-state index < -0.39 is 0 Å². The number of piperidine rings is 1. The summed E-state index contributed by atoms with van der Waals surface area (Å²) in [5.74, 6) is 0.660. The van der Waals surface area contributed by atoms with Crippen molar-refractivity contribution < 1.29 is 4.74 Å². The van der Waals surface area contributed by atoms with Gasteiger partial charge in [-0.2, -0.15) is 0 Å². The van der Waals surface area contributed by atoms with Crippen molar-refractivity contribution >= 4 is 0 Å². The molecule has 3 heteroatoms. The molecule has 2 aliphatic rings. The molecule has 1 N–H and O–H groups in total. The summed E-state index contributed by atoms with van der Waals surface area (Å²) < 4.78 is 5.68. The number of nitrogens with one attached hydrogen (secondary N) is 1. The SMILES string of the molecule is CNC1CC2CCC(C1)N2CCCOCC(C)C. The average molecular weight is 254 g/mol. The lowest BCUT2D eigenvalue weighted by Gasteiger charge is -2.38. The van der Waals surface area contributed by atoms with Crippen molar-refractivity contribution in [2.24, 2.45) is 5.92 Å². The van der Waals surface area contributed by atoms with E-state index in [1.54, 1.807) is 0 Å². The Labute approximate surface area is 112 Å². The molecule has 2 aliphatic heterocycles. The van der Waals surface area contributed by atoms with Gasteiger partial charge in [-0.3, -0.25) is 4.90 Å². The molecule has 0 amide bonds. The molecule has 3 nitrogen and oxygen atoms in total. The molecule has 106 valence electrons. The molecular formula is C15H30N2O. The van der Waals surface area contributed by atoms with Crippen molar-refractivity contribution in [2.75, 3.05) is 26.8 Å². The molecule has 0 aromatic rings. The summed E-state index contributed by atoms with van der Waals surface area (Å²) in [6.07, 6.45) is 6.72. The van der Waals surface area contributed by atoms with Gasteiger partial charge in [-0.15, -0.1) is 0 Å². The highest BCUT2D eigenvalue weighted by atomic mass is 16.5. The Balaban J connectivity index is 1.65. The van der Waals surface area contributed by atoms with E-state index in [0.717, 1.165) is 31.3 Å². The molecule has 0 saturated carbocycles. The quantitative estimate of drug-likeness (QED) is 0.705. The van der Waals surface area contributed by atoms with Crippen molar-refractivity contribution in [2.45, 2.75) is 64.1 Å². The minimum absolute atomic E-state index is 0.660. The van der Waals surface area contributed by atoms with Crippen molar-refractivity contribution in [3.05, 3.63) is 0 Å². The number of hydrogen-bond acceptors (Lipinski definition) is 3. The summed E-state index contributed by atoms with van der Waals surface area (Å²) in [7, 11) is 2.11. The van der Waals surface area contributed by atoms with Gasteiger partial charge in [0.15, 0.2) is 0 Å². The first kappa shape index (κ1) is 14.3. The molecule has 0 radical (unpaired) electrons. The molecule has 0 aliphatic carbocycles. The van der Waals surface area contributed by atoms with E-state index in [2.05, 4.69) is 31.1 Å². The molecule has 2 bridgehead atoms. The highest BCUT2D eigenvalue weighted by molar-refractivity contribution is 4.96. The van der Waals surface area contributed by atoms with E-state index in [4.69, 9.17) is 4.74 Å². The van der Waals surface area contributed by atoms with Gasteiger partial charge in [0.1, 0.15) is 0 Å². The summed E-state index contributed by atoms with van der Waals surface area (Å²) in [4.78, 5) is 2.76. The van der Waals surface area contributed by atoms with E-state index in [-0.39, 0.29) is 0 Å². The van der Waals surface area contributed by atoms with Crippen LogP contribution in [0.15, 0.2) is 0 Å². The number of fused-ring (bicyclic) bond motifs is 2. The van der Waals surface area contributed by atoms with Gasteiger partial charge in [0.25, 0.3) is 0 Å². The number of hydrogen-bond donors (Lipinski definition) is 1. The fraction of sp³-hybridized carbons (Fsp3) is 1.00. The molecule has 0 spiro atoms. The van der Waals surface area contributed by atoms with Crippen LogP contribution in [0.5, 0.6) is 0 Å². The van der Waals surface area contributed by atoms with E-state index in [0.29, 0.717) is 5.92 Å². The Hall–Kier alpha value is -0.120. The van der Waals surface area contributed by atoms with Crippen LogP contribution in [0.1, 0.15) is 46.0 Å². The third-order valence-corrected chi connectivity index (χ3v) is 4.45. The monoisotopic (exact) mass is 254 g/mol. The molecule has 2 unspecified atom stereocenters. The number of ether oxygens (including phenoxy) is 1. The van der Waals surface area contributed by atoms with Gasteiger partial charge in [0.05, 0.1) is 0 Å². The molecule has 2 fully saturated rings. The van der Waals surface area contributed by atoms with Gasteiger partial charge < -0.3 is 10.1 Å². The topological polar surface area (TPSA) is 24.5 Å². The molecule has 2 atom stereocenters. The Morgan fingerprint density at radius 3 is 2.44 bits per heavy atom. The first-order valence-electron chi connectivity index (χ1n) is 7.71. The molecule has 2 heterocycles. The second-order valence-electron chi connectivity index (χ2n) is 6.40. The van der Waals surface area contributed by atoms with Crippen LogP contribution in [0.4, 0.5) is 0 Å². The first-order valence-corrected chi connectivity index (χ1v) is 7.71. The lowest BCUT2D eigenvalue weighted by atomic mass is 9.97. The van der Waals surface area contributed by atoms with Crippen LogP contribution in [0.2, 0.25) is 0 Å². The van der Waals surface area contributed by atoms with Crippen LogP contribution in [0.3, 0.4) is 0 Å². The maximum atomic E-state index is 5.68. The zero-order valence-electron chi connectivity index (χ0n) is 12.3. The zero-order chi connectivity index (χ0) is 13.0. The minimum atomic E-state index is 0.660. The van der Waals surface area contributed by atoms with Crippen molar-refractivity contribution in [1.82, 2.24) is 10.2 Å². The predicted octanol–water partition coefficient (Wildman–Crippen LogP) is 2.26. The van der Waals surface area contributed by atoms with Gasteiger partial charge in [0, 0.05) is 37.9 Å². The van der Waals surface area contributed by atoms with Gasteiger partial charge in [-0.1, -0.05) is 13.8 Å². The van der Waals surface area contributed by atoms with Crippen molar-refractivity contribution in [3.8, 4) is 0 Å². The average Bonchev–Trinajstić information content (AvgIpc) is 2.60. The van der Waals surface area contributed by atoms with Gasteiger partial charge >= 0.3 is 0 Å². The van der Waals surface area contributed by atoms with E-state index >= 15 is 0 Å². The van der Waals surface area contributed by atoms with Gasteiger partial charge in [0.2, 0.25) is 0 Å². The second kappa shape index (κ2) is 6.88. The van der Waals surface area contributed by atoms with E-state index in [1.165, 1.54) is 38.6 Å². The number of nitrogens with zero attached hydrogens (tertiary/aromatic N) is 1. The lowest BCUT2D eigenvalue weighted by molar-refractivity contribution is 0.0767. The normalized spacial score (nSPS) is 32.3. The Kier molecular flexibility index (Phi) is 5.46. The van der Waals surface area contributed by atoms with Crippen LogP contribution < -0.4 is 5.32 Å². The standard InChI is InChI=1S/C15H30N2O/c1-12(2)11-18-8-4-7-17-14-5-6-15(17)10-13(9-14)16-3/h12-16H,4-11H2,1-3H3. The number of rotatable bonds is 7. The first-order chi connectivity index (χ1) is 8.70. The lowest BCUT2D eigenvalue weighted by Crippen LogP contribution is -2.48. The molecular weight excluding hydrogens is 224 g/mol. The molecule has 2 rings (SSSR count). The highest BCUT2D eigenvalue weighted by Crippen LogP contribution is 2.35. The van der Waals surface area contributed by atoms with Crippen LogP contribution >= 0.6 is 0 Å². The summed E-state index contributed by atoms with van der Waals surface area (Å²) >= 11 is 0. The maximum Gasteiger partial charge on any atom is 0.0489 e. The predicted molar refractivity (Wildman–Crippen MR) is 75.9 cm³/mol. The van der Waals surface area contributed by atoms with Crippen molar-refractivity contribution in [1.29, 1.82) is 0 Å². The molecule has 2 saturated heterocycles.